The molecule has 2 rings (SSSR count). The minimum Gasteiger partial charge on any atom is -0.236 e. The van der Waals surface area contributed by atoms with Crippen LogP contribution >= 0.6 is 31.9 Å². The average Bonchev–Trinajstić information content (AvgIpc) is 2.62. The van der Waals surface area contributed by atoms with Gasteiger partial charge in [0.2, 0.25) is 0 Å². The summed E-state index contributed by atoms with van der Waals surface area (Å²) in [6.07, 6.45) is 5.29. The van der Waals surface area contributed by atoms with Crippen LogP contribution in [0.15, 0.2) is 39.7 Å². The summed E-state index contributed by atoms with van der Waals surface area (Å²) < 4.78 is 3.57. The van der Waals surface area contributed by atoms with Crippen LogP contribution in [0.25, 0.3) is 5.82 Å². The normalized spacial score (nSPS) is 10.3. The Hall–Kier alpha value is -0.680. The zero-order valence-electron chi connectivity index (χ0n) is 6.48. The zero-order valence-corrected chi connectivity index (χ0v) is 9.66. The number of nitrogens with zero attached hydrogens (tertiary/aromatic N) is 3. The van der Waals surface area contributed by atoms with Crippen molar-refractivity contribution < 1.29 is 0 Å². The molecule has 3 nitrogen and oxygen atoms in total. The Labute approximate surface area is 92.1 Å². The van der Waals surface area contributed by atoms with Crippen LogP contribution in [0.1, 0.15) is 0 Å². The lowest BCUT2D eigenvalue weighted by Crippen LogP contribution is -1.98. The topological polar surface area (TPSA) is 30.7 Å². The van der Waals surface area contributed by atoms with Gasteiger partial charge in [-0.15, -0.1) is 0 Å². The van der Waals surface area contributed by atoms with E-state index < -0.39 is 0 Å². The maximum absolute atomic E-state index is 4.21. The first kappa shape index (κ1) is 8.90. The molecule has 0 amide bonds. The number of halogens is 2. The Bertz CT molecular complexity index is 411. The third-order valence-corrected chi connectivity index (χ3v) is 3.52. The molecule has 0 saturated heterocycles. The standard InChI is InChI=1S/C8H5Br2N3/c9-6-2-4-11-8(7(6)10)13-5-1-3-12-13/h1-5H. The molecule has 13 heavy (non-hydrogen) atoms. The fraction of sp³-hybridized carbons (Fsp3) is 0. The summed E-state index contributed by atoms with van der Waals surface area (Å²) in [7, 11) is 0. The van der Waals surface area contributed by atoms with Gasteiger partial charge in [0.1, 0.15) is 0 Å². The molecule has 0 aliphatic heterocycles. The summed E-state index contributed by atoms with van der Waals surface area (Å²) in [5, 5.41) is 4.09. The number of hydrogen-bond acceptors (Lipinski definition) is 2. The lowest BCUT2D eigenvalue weighted by molar-refractivity contribution is 0.840. The molecule has 0 bridgehead atoms. The van der Waals surface area contributed by atoms with Crippen LogP contribution < -0.4 is 0 Å². The van der Waals surface area contributed by atoms with Gasteiger partial charge in [0.15, 0.2) is 5.82 Å². The third-order valence-electron chi connectivity index (χ3n) is 1.55. The van der Waals surface area contributed by atoms with Crippen molar-refractivity contribution in [3.63, 3.8) is 0 Å². The van der Waals surface area contributed by atoms with Crippen LogP contribution in [0, 0.1) is 0 Å². The molecule has 0 radical (unpaired) electrons. The molecule has 0 spiro atoms. The Balaban J connectivity index is 2.59. The second-order valence-electron chi connectivity index (χ2n) is 2.38. The third kappa shape index (κ3) is 1.66. The van der Waals surface area contributed by atoms with E-state index in [4.69, 9.17) is 0 Å². The Morgan fingerprint density at radius 2 is 2.08 bits per heavy atom. The van der Waals surface area contributed by atoms with Crippen LogP contribution in [-0.2, 0) is 0 Å². The lowest BCUT2D eigenvalue weighted by Gasteiger charge is -2.03. The summed E-state index contributed by atoms with van der Waals surface area (Å²) in [5.74, 6) is 0.777. The largest absolute Gasteiger partial charge is 0.236 e. The van der Waals surface area contributed by atoms with Crippen LogP contribution in [0.4, 0.5) is 0 Å². The van der Waals surface area contributed by atoms with E-state index in [-0.39, 0.29) is 0 Å². The van der Waals surface area contributed by atoms with Crippen molar-refractivity contribution in [1.82, 2.24) is 14.8 Å². The quantitative estimate of drug-likeness (QED) is 0.811. The van der Waals surface area contributed by atoms with Crippen molar-refractivity contribution >= 4 is 31.9 Å². The van der Waals surface area contributed by atoms with Gasteiger partial charge in [-0.25, -0.2) is 9.67 Å². The average molecular weight is 303 g/mol. The van der Waals surface area contributed by atoms with Gasteiger partial charge >= 0.3 is 0 Å². The van der Waals surface area contributed by atoms with E-state index in [1.165, 1.54) is 0 Å². The molecule has 0 atom stereocenters. The molecule has 0 aliphatic rings. The van der Waals surface area contributed by atoms with E-state index in [2.05, 4.69) is 41.9 Å². The van der Waals surface area contributed by atoms with Crippen LogP contribution in [0.2, 0.25) is 0 Å². The first-order valence-corrected chi connectivity index (χ1v) is 5.17. The SMILES string of the molecule is Brc1ccnc(-n2cccn2)c1Br. The highest BCUT2D eigenvalue weighted by Crippen LogP contribution is 2.26. The second kappa shape index (κ2) is 3.59. The molecule has 0 saturated carbocycles. The van der Waals surface area contributed by atoms with E-state index in [1.54, 1.807) is 17.1 Å². The van der Waals surface area contributed by atoms with E-state index in [1.807, 2.05) is 18.3 Å². The monoisotopic (exact) mass is 301 g/mol. The molecule has 66 valence electrons. The van der Waals surface area contributed by atoms with Crippen molar-refractivity contribution in [2.75, 3.05) is 0 Å². The highest BCUT2D eigenvalue weighted by atomic mass is 79.9. The summed E-state index contributed by atoms with van der Waals surface area (Å²) in [6, 6.07) is 3.73. The zero-order chi connectivity index (χ0) is 9.26. The molecule has 2 aromatic rings. The van der Waals surface area contributed by atoms with Crippen LogP contribution in [0.3, 0.4) is 0 Å². The maximum Gasteiger partial charge on any atom is 0.168 e. The van der Waals surface area contributed by atoms with Gasteiger partial charge in [-0.3, -0.25) is 0 Å². The maximum atomic E-state index is 4.21. The molecule has 0 aliphatic carbocycles. The minimum absolute atomic E-state index is 0.777. The molecule has 0 aromatic carbocycles. The summed E-state index contributed by atoms with van der Waals surface area (Å²) >= 11 is 6.83. The number of hydrogen-bond donors (Lipinski definition) is 0. The molecular weight excluding hydrogens is 298 g/mol. The highest BCUT2D eigenvalue weighted by Gasteiger charge is 2.06. The van der Waals surface area contributed by atoms with Crippen molar-refractivity contribution in [2.24, 2.45) is 0 Å². The van der Waals surface area contributed by atoms with Crippen LogP contribution in [-0.4, -0.2) is 14.8 Å². The first-order valence-electron chi connectivity index (χ1n) is 3.59. The first-order chi connectivity index (χ1) is 6.29. The van der Waals surface area contributed by atoms with Crippen molar-refractivity contribution in [3.8, 4) is 5.82 Å². The minimum atomic E-state index is 0.777. The van der Waals surface area contributed by atoms with E-state index in [9.17, 15) is 0 Å². The highest BCUT2D eigenvalue weighted by molar-refractivity contribution is 9.13. The fourth-order valence-corrected chi connectivity index (χ4v) is 1.68. The molecule has 2 heterocycles. The van der Waals surface area contributed by atoms with Gasteiger partial charge in [0, 0.05) is 23.1 Å². The summed E-state index contributed by atoms with van der Waals surface area (Å²) in [6.45, 7) is 0. The fourth-order valence-electron chi connectivity index (χ4n) is 0.964. The predicted molar refractivity (Wildman–Crippen MR) is 56.8 cm³/mol. The lowest BCUT2D eigenvalue weighted by atomic mass is 10.5. The van der Waals surface area contributed by atoms with Gasteiger partial charge in [-0.05, 0) is 44.0 Å². The van der Waals surface area contributed by atoms with E-state index in [0.717, 1.165) is 14.8 Å². The van der Waals surface area contributed by atoms with Gasteiger partial charge in [-0.2, -0.15) is 5.10 Å². The van der Waals surface area contributed by atoms with E-state index >= 15 is 0 Å². The van der Waals surface area contributed by atoms with Crippen LogP contribution in [0.5, 0.6) is 0 Å². The molecule has 0 unspecified atom stereocenters. The van der Waals surface area contributed by atoms with Gasteiger partial charge in [0.25, 0.3) is 0 Å². The molecule has 2 aromatic heterocycles. The number of rotatable bonds is 1. The smallest absolute Gasteiger partial charge is 0.168 e. The second-order valence-corrected chi connectivity index (χ2v) is 4.03. The molecular formula is C8H5Br2N3. The Kier molecular flexibility index (Phi) is 2.46. The number of pyridine rings is 1. The van der Waals surface area contributed by atoms with Gasteiger partial charge in [-0.1, -0.05) is 0 Å². The summed E-state index contributed by atoms with van der Waals surface area (Å²) in [5.41, 5.74) is 0. The number of aromatic nitrogens is 3. The van der Waals surface area contributed by atoms with Crippen molar-refractivity contribution in [3.05, 3.63) is 39.7 Å². The molecule has 5 heteroatoms. The summed E-state index contributed by atoms with van der Waals surface area (Å²) in [4.78, 5) is 4.21. The van der Waals surface area contributed by atoms with Gasteiger partial charge in [0.05, 0.1) is 4.47 Å². The molecule has 0 fully saturated rings. The van der Waals surface area contributed by atoms with Crippen molar-refractivity contribution in [2.45, 2.75) is 0 Å². The van der Waals surface area contributed by atoms with E-state index in [0.29, 0.717) is 0 Å². The van der Waals surface area contributed by atoms with Crippen molar-refractivity contribution in [1.29, 1.82) is 0 Å². The Morgan fingerprint density at radius 1 is 1.23 bits per heavy atom. The predicted octanol–water partition coefficient (Wildman–Crippen LogP) is 2.79. The Morgan fingerprint density at radius 3 is 2.77 bits per heavy atom. The van der Waals surface area contributed by atoms with Gasteiger partial charge < -0.3 is 0 Å². The molecule has 0 N–H and O–H groups in total.